The second kappa shape index (κ2) is 7.92. The summed E-state index contributed by atoms with van der Waals surface area (Å²) in [5.41, 5.74) is 0.767. The summed E-state index contributed by atoms with van der Waals surface area (Å²) in [5, 5.41) is 5.53. The molecule has 1 aromatic carbocycles. The standard InChI is InChI=1S/C10H13Cl2N2.CH4O4S/c1-14(2,3)13-7-8-9(11)5-4-6-10(8)12;1-5-6(2,3)4/h4-7H,1-3H3;1H3,(H,2,3,4)/q+1;/p-1. The molecule has 9 heteroatoms. The van der Waals surface area contributed by atoms with Gasteiger partial charge < -0.3 is 4.55 Å². The van der Waals surface area contributed by atoms with E-state index in [9.17, 15) is 13.0 Å². The van der Waals surface area contributed by atoms with Crippen molar-refractivity contribution in [2.75, 3.05) is 28.3 Å². The SMILES string of the molecule is COS(=O)(=O)[O-].C[N+](C)(C)N=Cc1c(Cl)cccc1Cl. The third-order valence-corrected chi connectivity index (χ3v) is 2.80. The Morgan fingerprint density at radius 2 is 1.65 bits per heavy atom. The van der Waals surface area contributed by atoms with Crippen LogP contribution in [0.1, 0.15) is 5.56 Å². The maximum Gasteiger partial charge on any atom is 0.217 e. The van der Waals surface area contributed by atoms with Gasteiger partial charge >= 0.3 is 0 Å². The van der Waals surface area contributed by atoms with E-state index >= 15 is 0 Å². The molecule has 0 heterocycles. The Morgan fingerprint density at radius 1 is 1.25 bits per heavy atom. The van der Waals surface area contributed by atoms with Gasteiger partial charge in [0, 0.05) is 5.56 Å². The third-order valence-electron chi connectivity index (χ3n) is 1.74. The molecule has 0 saturated carbocycles. The molecule has 1 rings (SSSR count). The molecule has 0 aliphatic heterocycles. The van der Waals surface area contributed by atoms with Crippen LogP contribution < -0.4 is 0 Å². The molecule has 0 spiro atoms. The van der Waals surface area contributed by atoms with Gasteiger partial charge in [-0.2, -0.15) is 0 Å². The normalized spacial score (nSPS) is 12.2. The molecule has 0 fully saturated rings. The molecule has 114 valence electrons. The number of quaternary nitrogens is 1. The van der Waals surface area contributed by atoms with Crippen molar-refractivity contribution in [2.45, 2.75) is 0 Å². The average Bonchev–Trinajstić information content (AvgIpc) is 2.27. The molecule has 0 aliphatic carbocycles. The molecule has 20 heavy (non-hydrogen) atoms. The Morgan fingerprint density at radius 3 is 1.95 bits per heavy atom. The van der Waals surface area contributed by atoms with Crippen LogP contribution in [-0.2, 0) is 14.6 Å². The van der Waals surface area contributed by atoms with Crippen molar-refractivity contribution >= 4 is 39.8 Å². The zero-order chi connectivity index (χ0) is 16.0. The van der Waals surface area contributed by atoms with Gasteiger partial charge in [0.05, 0.1) is 44.5 Å². The second-order valence-corrected chi connectivity index (χ2v) is 6.36. The van der Waals surface area contributed by atoms with Crippen LogP contribution in [0, 0.1) is 0 Å². The van der Waals surface area contributed by atoms with Crippen LogP contribution in [0.15, 0.2) is 23.3 Å². The Balaban J connectivity index is 0.000000511. The molecule has 6 nitrogen and oxygen atoms in total. The number of hydrogen-bond donors (Lipinski definition) is 0. The minimum Gasteiger partial charge on any atom is -0.726 e. The Labute approximate surface area is 129 Å². The van der Waals surface area contributed by atoms with Crippen molar-refractivity contribution in [3.8, 4) is 0 Å². The fourth-order valence-corrected chi connectivity index (χ4v) is 1.36. The lowest BCUT2D eigenvalue weighted by Crippen LogP contribution is -2.27. The first-order valence-electron chi connectivity index (χ1n) is 5.29. The highest BCUT2D eigenvalue weighted by molar-refractivity contribution is 7.80. The Hall–Kier alpha value is -0.700. The van der Waals surface area contributed by atoms with Gasteiger partial charge in [-0.1, -0.05) is 34.4 Å². The van der Waals surface area contributed by atoms with Crippen LogP contribution in [0.4, 0.5) is 0 Å². The van der Waals surface area contributed by atoms with E-state index in [0.29, 0.717) is 14.6 Å². The topological polar surface area (TPSA) is 78.8 Å². The predicted octanol–water partition coefficient (Wildman–Crippen LogP) is 2.13. The van der Waals surface area contributed by atoms with Gasteiger partial charge in [0.1, 0.15) is 0 Å². The predicted molar refractivity (Wildman–Crippen MR) is 78.8 cm³/mol. The summed E-state index contributed by atoms with van der Waals surface area (Å²) < 4.78 is 31.5. The fourth-order valence-electron chi connectivity index (χ4n) is 0.865. The van der Waals surface area contributed by atoms with Crippen LogP contribution in [0.3, 0.4) is 0 Å². The molecule has 0 amide bonds. The molecule has 0 unspecified atom stereocenters. The molecule has 0 radical (unpaired) electrons. The molecule has 0 aliphatic rings. The van der Waals surface area contributed by atoms with Crippen LogP contribution in [0.2, 0.25) is 10.0 Å². The number of rotatable bonds is 3. The van der Waals surface area contributed by atoms with Crippen molar-refractivity contribution in [3.05, 3.63) is 33.8 Å². The van der Waals surface area contributed by atoms with Crippen LogP contribution in [0.25, 0.3) is 0 Å². The van der Waals surface area contributed by atoms with E-state index in [0.717, 1.165) is 12.7 Å². The van der Waals surface area contributed by atoms with E-state index in [4.69, 9.17) is 23.2 Å². The number of halogens is 2. The number of hydrogen-bond acceptors (Lipinski definition) is 5. The molecule has 0 saturated heterocycles. The summed E-state index contributed by atoms with van der Waals surface area (Å²) in [6.07, 6.45) is 1.70. The van der Waals surface area contributed by atoms with Crippen LogP contribution >= 0.6 is 23.2 Å². The average molecular weight is 343 g/mol. The van der Waals surface area contributed by atoms with Crippen LogP contribution in [-0.4, -0.2) is 52.0 Å². The first-order chi connectivity index (χ1) is 8.96. The van der Waals surface area contributed by atoms with Crippen LogP contribution in [0.5, 0.6) is 0 Å². The number of benzene rings is 1. The van der Waals surface area contributed by atoms with Gasteiger partial charge in [-0.05, 0) is 12.1 Å². The van der Waals surface area contributed by atoms with Gasteiger partial charge in [-0.15, -0.1) is 0 Å². The molecule has 1 aromatic rings. The minimum absolute atomic E-state index is 0.488. The van der Waals surface area contributed by atoms with Gasteiger partial charge in [-0.25, -0.2) is 13.0 Å². The summed E-state index contributed by atoms with van der Waals surface area (Å²) in [6, 6.07) is 5.41. The zero-order valence-corrected chi connectivity index (χ0v) is 13.8. The monoisotopic (exact) mass is 342 g/mol. The van der Waals surface area contributed by atoms with E-state index in [1.54, 1.807) is 18.3 Å². The van der Waals surface area contributed by atoms with Crippen molar-refractivity contribution in [3.63, 3.8) is 0 Å². The Kier molecular flexibility index (Phi) is 7.64. The van der Waals surface area contributed by atoms with Gasteiger partial charge in [-0.3, -0.25) is 4.18 Å². The highest BCUT2D eigenvalue weighted by Crippen LogP contribution is 2.22. The van der Waals surface area contributed by atoms with E-state index in [1.165, 1.54) is 0 Å². The summed E-state index contributed by atoms with van der Waals surface area (Å²) in [6.45, 7) is 0. The van der Waals surface area contributed by atoms with Crippen molar-refractivity contribution < 1.29 is 21.7 Å². The van der Waals surface area contributed by atoms with Gasteiger partial charge in [0.15, 0.2) is 0 Å². The van der Waals surface area contributed by atoms with E-state index in [-0.39, 0.29) is 0 Å². The first kappa shape index (κ1) is 19.3. The quantitative estimate of drug-likeness (QED) is 0.277. The minimum atomic E-state index is -4.41. The zero-order valence-electron chi connectivity index (χ0n) is 11.5. The summed E-state index contributed by atoms with van der Waals surface area (Å²) >= 11 is 12.0. The van der Waals surface area contributed by atoms with Crippen molar-refractivity contribution in [1.82, 2.24) is 0 Å². The molecule has 0 N–H and O–H groups in total. The van der Waals surface area contributed by atoms with Crippen molar-refractivity contribution in [2.24, 2.45) is 5.10 Å². The van der Waals surface area contributed by atoms with Gasteiger partial charge in [0.2, 0.25) is 10.4 Å². The van der Waals surface area contributed by atoms with E-state index in [2.05, 4.69) is 9.28 Å². The summed E-state index contributed by atoms with van der Waals surface area (Å²) in [5.74, 6) is 0. The molecule has 0 bridgehead atoms. The molecular weight excluding hydrogens is 327 g/mol. The molecular formula is C11H16Cl2N2O4S. The number of nitrogens with zero attached hydrogens (tertiary/aromatic N) is 2. The lowest BCUT2D eigenvalue weighted by atomic mass is 10.2. The molecule has 0 aromatic heterocycles. The highest BCUT2D eigenvalue weighted by atomic mass is 35.5. The maximum atomic E-state index is 9.22. The smallest absolute Gasteiger partial charge is 0.217 e. The van der Waals surface area contributed by atoms with E-state index in [1.807, 2.05) is 27.2 Å². The third kappa shape index (κ3) is 9.24. The maximum absolute atomic E-state index is 9.22. The second-order valence-electron chi connectivity index (χ2n) is 4.40. The summed E-state index contributed by atoms with van der Waals surface area (Å²) in [7, 11) is 2.27. The summed E-state index contributed by atoms with van der Waals surface area (Å²) in [4.78, 5) is 0. The lowest BCUT2D eigenvalue weighted by Gasteiger charge is -2.14. The molecule has 0 atom stereocenters. The van der Waals surface area contributed by atoms with E-state index < -0.39 is 10.4 Å². The Bertz CT molecular complexity index is 548. The fraction of sp³-hybridized carbons (Fsp3) is 0.364. The lowest BCUT2D eigenvalue weighted by molar-refractivity contribution is -0.876. The van der Waals surface area contributed by atoms with Gasteiger partial charge in [0.25, 0.3) is 0 Å². The first-order valence-corrected chi connectivity index (χ1v) is 7.37. The largest absolute Gasteiger partial charge is 0.726 e. The highest BCUT2D eigenvalue weighted by Gasteiger charge is 2.06. The van der Waals surface area contributed by atoms with Crippen molar-refractivity contribution in [1.29, 1.82) is 0 Å².